The standard InChI is InChI=1S/C10H16N4O2/c1-6(10(15)16)7(2)14-9(11-12-13-14)5-8-3-4-8/h6-8H,3-5H2,1-2H3,(H,15,16). The van der Waals surface area contributed by atoms with Crippen molar-refractivity contribution >= 4 is 5.97 Å². The lowest BCUT2D eigenvalue weighted by atomic mass is 10.0. The van der Waals surface area contributed by atoms with E-state index in [9.17, 15) is 4.79 Å². The van der Waals surface area contributed by atoms with Gasteiger partial charge in [0.2, 0.25) is 0 Å². The average Bonchev–Trinajstić information content (AvgIpc) is 2.93. The van der Waals surface area contributed by atoms with Gasteiger partial charge in [-0.2, -0.15) is 0 Å². The molecule has 1 aliphatic carbocycles. The highest BCUT2D eigenvalue weighted by Gasteiger charge is 2.28. The SMILES string of the molecule is CC(C(=O)O)C(C)n1nnnc1CC1CC1. The van der Waals surface area contributed by atoms with Gasteiger partial charge in [-0.05, 0) is 43.0 Å². The summed E-state index contributed by atoms with van der Waals surface area (Å²) in [5.74, 6) is 0.196. The van der Waals surface area contributed by atoms with Crippen LogP contribution in [0.3, 0.4) is 0 Å². The molecular formula is C10H16N4O2. The van der Waals surface area contributed by atoms with Crippen LogP contribution >= 0.6 is 0 Å². The van der Waals surface area contributed by atoms with Gasteiger partial charge in [0.1, 0.15) is 0 Å². The monoisotopic (exact) mass is 224 g/mol. The average molecular weight is 224 g/mol. The summed E-state index contributed by atoms with van der Waals surface area (Å²) in [4.78, 5) is 10.9. The minimum atomic E-state index is -0.819. The molecule has 1 aromatic heterocycles. The summed E-state index contributed by atoms with van der Waals surface area (Å²) in [6.07, 6.45) is 3.33. The Labute approximate surface area is 93.6 Å². The molecule has 1 heterocycles. The molecule has 6 nitrogen and oxygen atoms in total. The highest BCUT2D eigenvalue weighted by molar-refractivity contribution is 5.70. The molecule has 0 saturated heterocycles. The second-order valence-electron chi connectivity index (χ2n) is 4.55. The summed E-state index contributed by atoms with van der Waals surface area (Å²) < 4.78 is 1.65. The summed E-state index contributed by atoms with van der Waals surface area (Å²) >= 11 is 0. The molecule has 0 aliphatic heterocycles. The molecule has 1 N–H and O–H groups in total. The van der Waals surface area contributed by atoms with Crippen LogP contribution in [0.5, 0.6) is 0 Å². The first-order valence-electron chi connectivity index (χ1n) is 5.59. The number of nitrogens with zero attached hydrogens (tertiary/aromatic N) is 4. The highest BCUT2D eigenvalue weighted by atomic mass is 16.4. The largest absolute Gasteiger partial charge is 0.481 e. The Morgan fingerprint density at radius 2 is 2.25 bits per heavy atom. The van der Waals surface area contributed by atoms with Crippen molar-refractivity contribution in [1.29, 1.82) is 0 Å². The maximum Gasteiger partial charge on any atom is 0.308 e. The van der Waals surface area contributed by atoms with Crippen molar-refractivity contribution in [3.05, 3.63) is 5.82 Å². The van der Waals surface area contributed by atoms with Gasteiger partial charge in [0.25, 0.3) is 0 Å². The molecule has 0 spiro atoms. The zero-order valence-electron chi connectivity index (χ0n) is 9.50. The fraction of sp³-hybridized carbons (Fsp3) is 0.800. The van der Waals surface area contributed by atoms with Gasteiger partial charge in [-0.15, -0.1) is 5.10 Å². The lowest BCUT2D eigenvalue weighted by Gasteiger charge is -2.17. The van der Waals surface area contributed by atoms with Gasteiger partial charge in [-0.25, -0.2) is 4.68 Å². The van der Waals surface area contributed by atoms with Gasteiger partial charge in [0.15, 0.2) is 5.82 Å². The number of rotatable bonds is 5. The molecular weight excluding hydrogens is 208 g/mol. The molecule has 0 bridgehead atoms. The van der Waals surface area contributed by atoms with E-state index in [1.807, 2.05) is 6.92 Å². The van der Waals surface area contributed by atoms with E-state index in [1.54, 1.807) is 11.6 Å². The van der Waals surface area contributed by atoms with Crippen molar-refractivity contribution in [2.45, 2.75) is 39.2 Å². The van der Waals surface area contributed by atoms with Crippen LogP contribution in [-0.4, -0.2) is 31.3 Å². The Bertz CT molecular complexity index is 386. The number of carbonyl (C=O) groups is 1. The molecule has 2 atom stereocenters. The number of hydrogen-bond donors (Lipinski definition) is 1. The van der Waals surface area contributed by atoms with Crippen molar-refractivity contribution in [1.82, 2.24) is 20.2 Å². The molecule has 0 amide bonds. The lowest BCUT2D eigenvalue weighted by Crippen LogP contribution is -2.24. The number of carboxylic acids is 1. The Hall–Kier alpha value is -1.46. The van der Waals surface area contributed by atoms with E-state index in [-0.39, 0.29) is 6.04 Å². The number of aliphatic carboxylic acids is 1. The fourth-order valence-electron chi connectivity index (χ4n) is 1.66. The minimum absolute atomic E-state index is 0.207. The zero-order valence-corrected chi connectivity index (χ0v) is 9.50. The van der Waals surface area contributed by atoms with E-state index in [0.29, 0.717) is 5.92 Å². The predicted octanol–water partition coefficient (Wildman–Crippen LogP) is 0.907. The smallest absolute Gasteiger partial charge is 0.308 e. The van der Waals surface area contributed by atoms with E-state index >= 15 is 0 Å². The molecule has 1 aromatic rings. The van der Waals surface area contributed by atoms with Crippen LogP contribution in [0, 0.1) is 11.8 Å². The maximum absolute atomic E-state index is 10.9. The molecule has 1 saturated carbocycles. The molecule has 2 rings (SSSR count). The van der Waals surface area contributed by atoms with Gasteiger partial charge in [-0.3, -0.25) is 4.79 Å². The van der Waals surface area contributed by atoms with Crippen LogP contribution in [0.15, 0.2) is 0 Å². The molecule has 0 aromatic carbocycles. The molecule has 1 aliphatic rings. The number of hydrogen-bond acceptors (Lipinski definition) is 4. The van der Waals surface area contributed by atoms with Crippen LogP contribution in [-0.2, 0) is 11.2 Å². The van der Waals surface area contributed by atoms with Crippen molar-refractivity contribution in [2.24, 2.45) is 11.8 Å². The van der Waals surface area contributed by atoms with Gasteiger partial charge >= 0.3 is 5.97 Å². The third-order valence-corrected chi connectivity index (χ3v) is 3.23. The first-order valence-corrected chi connectivity index (χ1v) is 5.59. The second kappa shape index (κ2) is 4.19. The van der Waals surface area contributed by atoms with Gasteiger partial charge in [0.05, 0.1) is 12.0 Å². The highest BCUT2D eigenvalue weighted by Crippen LogP contribution is 2.32. The van der Waals surface area contributed by atoms with Crippen LogP contribution in [0.2, 0.25) is 0 Å². The third kappa shape index (κ3) is 2.20. The molecule has 16 heavy (non-hydrogen) atoms. The van der Waals surface area contributed by atoms with Crippen LogP contribution < -0.4 is 0 Å². The fourth-order valence-corrected chi connectivity index (χ4v) is 1.66. The summed E-state index contributed by atoms with van der Waals surface area (Å²) in [5.41, 5.74) is 0. The first kappa shape index (κ1) is 11.0. The normalized spacial score (nSPS) is 19.4. The van der Waals surface area contributed by atoms with Crippen LogP contribution in [0.25, 0.3) is 0 Å². The first-order chi connectivity index (χ1) is 7.59. The minimum Gasteiger partial charge on any atom is -0.481 e. The zero-order chi connectivity index (χ0) is 11.7. The van der Waals surface area contributed by atoms with Gasteiger partial charge in [-0.1, -0.05) is 0 Å². The molecule has 2 unspecified atom stereocenters. The molecule has 88 valence electrons. The molecule has 6 heteroatoms. The molecule has 0 radical (unpaired) electrons. The lowest BCUT2D eigenvalue weighted by molar-refractivity contribution is -0.142. The summed E-state index contributed by atoms with van der Waals surface area (Å²) in [7, 11) is 0. The van der Waals surface area contributed by atoms with E-state index in [2.05, 4.69) is 15.5 Å². The summed E-state index contributed by atoms with van der Waals surface area (Å²) in [5, 5.41) is 20.5. The van der Waals surface area contributed by atoms with Gasteiger partial charge in [0, 0.05) is 6.42 Å². The van der Waals surface area contributed by atoms with E-state index < -0.39 is 11.9 Å². The number of carboxylic acid groups (broad SMARTS) is 1. The number of aromatic nitrogens is 4. The van der Waals surface area contributed by atoms with E-state index in [0.717, 1.165) is 12.2 Å². The van der Waals surface area contributed by atoms with Crippen molar-refractivity contribution < 1.29 is 9.90 Å². The van der Waals surface area contributed by atoms with Crippen molar-refractivity contribution in [3.8, 4) is 0 Å². The summed E-state index contributed by atoms with van der Waals surface area (Å²) in [6, 6.07) is -0.207. The Kier molecular flexibility index (Phi) is 2.89. The molecule has 1 fully saturated rings. The van der Waals surface area contributed by atoms with E-state index in [1.165, 1.54) is 12.8 Å². The Morgan fingerprint density at radius 1 is 1.56 bits per heavy atom. The van der Waals surface area contributed by atoms with Crippen molar-refractivity contribution in [3.63, 3.8) is 0 Å². The second-order valence-corrected chi connectivity index (χ2v) is 4.55. The maximum atomic E-state index is 10.9. The van der Waals surface area contributed by atoms with Crippen LogP contribution in [0.1, 0.15) is 38.6 Å². The Morgan fingerprint density at radius 3 is 2.81 bits per heavy atom. The van der Waals surface area contributed by atoms with Gasteiger partial charge < -0.3 is 5.11 Å². The topological polar surface area (TPSA) is 80.9 Å². The Balaban J connectivity index is 2.12. The van der Waals surface area contributed by atoms with E-state index in [4.69, 9.17) is 5.11 Å². The quantitative estimate of drug-likeness (QED) is 0.803. The number of tetrazole rings is 1. The van der Waals surface area contributed by atoms with Crippen LogP contribution in [0.4, 0.5) is 0 Å². The third-order valence-electron chi connectivity index (χ3n) is 3.23. The summed E-state index contributed by atoms with van der Waals surface area (Å²) in [6.45, 7) is 3.52. The van der Waals surface area contributed by atoms with Crippen molar-refractivity contribution in [2.75, 3.05) is 0 Å². The predicted molar refractivity (Wildman–Crippen MR) is 55.8 cm³/mol.